The van der Waals surface area contributed by atoms with Crippen molar-refractivity contribution in [1.29, 1.82) is 0 Å². The molecule has 0 bridgehead atoms. The monoisotopic (exact) mass is 308 g/mol. The normalized spacial score (nSPS) is 21.8. The molecule has 1 saturated heterocycles. The van der Waals surface area contributed by atoms with E-state index in [0.717, 1.165) is 12.8 Å². The summed E-state index contributed by atoms with van der Waals surface area (Å²) in [6.45, 7) is 2.45. The smallest absolute Gasteiger partial charge is 0.251 e. The fourth-order valence-corrected chi connectivity index (χ4v) is 2.51. The fraction of sp³-hybridized carbons (Fsp3) is 0.500. The van der Waals surface area contributed by atoms with Crippen molar-refractivity contribution in [2.75, 3.05) is 20.2 Å². The number of halogens is 1. The predicted octanol–water partition coefficient (Wildman–Crippen LogP) is 1.64. The van der Waals surface area contributed by atoms with Crippen LogP contribution in [0.4, 0.5) is 4.39 Å². The Morgan fingerprint density at radius 3 is 2.95 bits per heavy atom. The van der Waals surface area contributed by atoms with Crippen molar-refractivity contribution in [3.05, 3.63) is 35.6 Å². The molecule has 1 aliphatic heterocycles. The highest BCUT2D eigenvalue weighted by Gasteiger charge is 2.39. The van der Waals surface area contributed by atoms with Crippen LogP contribution < -0.4 is 5.32 Å². The molecule has 1 heterocycles. The second-order valence-corrected chi connectivity index (χ2v) is 5.38. The molecular weight excluding hydrogens is 287 g/mol. The molecule has 6 heteroatoms. The van der Waals surface area contributed by atoms with E-state index >= 15 is 0 Å². The van der Waals surface area contributed by atoms with Gasteiger partial charge in [0.05, 0.1) is 6.04 Å². The molecule has 5 nitrogen and oxygen atoms in total. The number of carbonyl (C=O) groups is 2. The number of unbranched alkanes of at least 4 members (excludes halogenated alkanes) is 1. The molecule has 0 aliphatic carbocycles. The molecule has 1 fully saturated rings. The number of nitrogens with one attached hydrogen (secondary N) is 1. The molecule has 1 aliphatic rings. The molecule has 2 atom stereocenters. The molecule has 1 aromatic carbocycles. The van der Waals surface area contributed by atoms with Crippen LogP contribution in [0.5, 0.6) is 0 Å². The number of hydrogen-bond donors (Lipinski definition) is 1. The van der Waals surface area contributed by atoms with Crippen molar-refractivity contribution < 1.29 is 18.7 Å². The first-order valence-electron chi connectivity index (χ1n) is 7.45. The number of amides is 2. The van der Waals surface area contributed by atoms with Gasteiger partial charge < -0.3 is 15.0 Å². The standard InChI is InChI=1S/C16H21FN2O3/c1-3-4-8-18-16(21)15-14(19(2)13(20)10-22-15)11-6-5-7-12(17)9-11/h5-7,9,14-15H,3-4,8,10H2,1-2H3,(H,18,21)/t14-,15+/m1/s1. The first-order valence-corrected chi connectivity index (χ1v) is 7.45. The summed E-state index contributed by atoms with van der Waals surface area (Å²) < 4.78 is 18.9. The maximum Gasteiger partial charge on any atom is 0.251 e. The van der Waals surface area contributed by atoms with Gasteiger partial charge in [0.15, 0.2) is 6.10 Å². The van der Waals surface area contributed by atoms with E-state index in [1.165, 1.54) is 17.0 Å². The number of morpholine rings is 1. The molecule has 0 aromatic heterocycles. The summed E-state index contributed by atoms with van der Waals surface area (Å²) in [5, 5.41) is 2.81. The number of carbonyl (C=O) groups excluding carboxylic acids is 2. The third kappa shape index (κ3) is 3.62. The average Bonchev–Trinajstić information content (AvgIpc) is 2.50. The Hall–Kier alpha value is -1.95. The maximum absolute atomic E-state index is 13.5. The molecule has 22 heavy (non-hydrogen) atoms. The number of likely N-dealkylation sites (N-methyl/N-ethyl adjacent to an activating group) is 1. The second-order valence-electron chi connectivity index (χ2n) is 5.38. The van der Waals surface area contributed by atoms with Gasteiger partial charge in [0.2, 0.25) is 5.91 Å². The summed E-state index contributed by atoms with van der Waals surface area (Å²) in [6.07, 6.45) is 1.01. The van der Waals surface area contributed by atoms with Crippen LogP contribution in [0.1, 0.15) is 31.4 Å². The number of hydrogen-bond acceptors (Lipinski definition) is 3. The molecule has 2 amide bonds. The summed E-state index contributed by atoms with van der Waals surface area (Å²) in [5.41, 5.74) is 0.547. The van der Waals surface area contributed by atoms with Crippen LogP contribution in [0.15, 0.2) is 24.3 Å². The third-order valence-corrected chi connectivity index (χ3v) is 3.76. The fourth-order valence-electron chi connectivity index (χ4n) is 2.51. The van der Waals surface area contributed by atoms with Gasteiger partial charge >= 0.3 is 0 Å². The van der Waals surface area contributed by atoms with E-state index in [1.807, 2.05) is 6.92 Å². The van der Waals surface area contributed by atoms with Gasteiger partial charge in [0.1, 0.15) is 12.4 Å². The lowest BCUT2D eigenvalue weighted by molar-refractivity contribution is -0.162. The Kier molecular flexibility index (Phi) is 5.49. The van der Waals surface area contributed by atoms with Gasteiger partial charge in [-0.25, -0.2) is 4.39 Å². The van der Waals surface area contributed by atoms with Crippen molar-refractivity contribution >= 4 is 11.8 Å². The highest BCUT2D eigenvalue weighted by molar-refractivity contribution is 5.86. The molecule has 2 rings (SSSR count). The van der Waals surface area contributed by atoms with Crippen LogP contribution in [0.2, 0.25) is 0 Å². The van der Waals surface area contributed by atoms with E-state index in [0.29, 0.717) is 12.1 Å². The van der Waals surface area contributed by atoms with Gasteiger partial charge in [-0.05, 0) is 24.1 Å². The van der Waals surface area contributed by atoms with Gasteiger partial charge in [-0.3, -0.25) is 9.59 Å². The van der Waals surface area contributed by atoms with Crippen molar-refractivity contribution in [1.82, 2.24) is 10.2 Å². The lowest BCUT2D eigenvalue weighted by Gasteiger charge is -2.38. The first-order chi connectivity index (χ1) is 10.5. The predicted molar refractivity (Wildman–Crippen MR) is 79.6 cm³/mol. The Labute approximate surface area is 129 Å². The Morgan fingerprint density at radius 1 is 1.50 bits per heavy atom. The summed E-state index contributed by atoms with van der Waals surface area (Å²) in [4.78, 5) is 25.6. The minimum Gasteiger partial charge on any atom is -0.356 e. The quantitative estimate of drug-likeness (QED) is 0.841. The van der Waals surface area contributed by atoms with Gasteiger partial charge in [0.25, 0.3) is 5.91 Å². The van der Waals surface area contributed by atoms with Gasteiger partial charge in [-0.2, -0.15) is 0 Å². The molecule has 120 valence electrons. The number of ether oxygens (including phenoxy) is 1. The minimum atomic E-state index is -0.832. The number of rotatable bonds is 5. The van der Waals surface area contributed by atoms with Crippen LogP contribution in [-0.4, -0.2) is 43.0 Å². The molecular formula is C16H21FN2O3. The largest absolute Gasteiger partial charge is 0.356 e. The SMILES string of the molecule is CCCCNC(=O)[C@H]1OCC(=O)N(C)[C@@H]1c1cccc(F)c1. The average molecular weight is 308 g/mol. The van der Waals surface area contributed by atoms with Crippen LogP contribution in [-0.2, 0) is 14.3 Å². The second kappa shape index (κ2) is 7.35. The first kappa shape index (κ1) is 16.4. The Morgan fingerprint density at radius 2 is 2.27 bits per heavy atom. The summed E-state index contributed by atoms with van der Waals surface area (Å²) in [7, 11) is 1.60. The van der Waals surface area contributed by atoms with Crippen molar-refractivity contribution in [2.24, 2.45) is 0 Å². The lowest BCUT2D eigenvalue weighted by atomic mass is 9.97. The number of nitrogens with zero attached hydrogens (tertiary/aromatic N) is 1. The topological polar surface area (TPSA) is 58.6 Å². The van der Waals surface area contributed by atoms with E-state index in [1.54, 1.807) is 19.2 Å². The van der Waals surface area contributed by atoms with Crippen molar-refractivity contribution in [2.45, 2.75) is 31.9 Å². The summed E-state index contributed by atoms with van der Waals surface area (Å²) in [5.74, 6) is -0.914. The minimum absolute atomic E-state index is 0.145. The number of benzene rings is 1. The van der Waals surface area contributed by atoms with Gasteiger partial charge in [-0.1, -0.05) is 25.5 Å². The van der Waals surface area contributed by atoms with Crippen LogP contribution in [0.3, 0.4) is 0 Å². The van der Waals surface area contributed by atoms with Crippen molar-refractivity contribution in [3.8, 4) is 0 Å². The summed E-state index contributed by atoms with van der Waals surface area (Å²) in [6, 6.07) is 5.28. The zero-order valence-corrected chi connectivity index (χ0v) is 12.8. The van der Waals surface area contributed by atoms with E-state index in [-0.39, 0.29) is 18.4 Å². The van der Waals surface area contributed by atoms with E-state index in [9.17, 15) is 14.0 Å². The lowest BCUT2D eigenvalue weighted by Crippen LogP contribution is -2.53. The molecule has 0 spiro atoms. The molecule has 0 radical (unpaired) electrons. The summed E-state index contributed by atoms with van der Waals surface area (Å²) >= 11 is 0. The van der Waals surface area contributed by atoms with Gasteiger partial charge in [-0.15, -0.1) is 0 Å². The van der Waals surface area contributed by atoms with Gasteiger partial charge in [0, 0.05) is 13.6 Å². The molecule has 1 N–H and O–H groups in total. The Bertz CT molecular complexity index is 550. The van der Waals surface area contributed by atoms with Crippen LogP contribution in [0.25, 0.3) is 0 Å². The van der Waals surface area contributed by atoms with Crippen LogP contribution in [0, 0.1) is 5.82 Å². The van der Waals surface area contributed by atoms with Crippen molar-refractivity contribution in [3.63, 3.8) is 0 Å². The Balaban J connectivity index is 2.22. The van der Waals surface area contributed by atoms with E-state index < -0.39 is 18.0 Å². The highest BCUT2D eigenvalue weighted by atomic mass is 19.1. The zero-order valence-electron chi connectivity index (χ0n) is 12.8. The van der Waals surface area contributed by atoms with E-state index in [4.69, 9.17) is 4.74 Å². The molecule has 0 saturated carbocycles. The van der Waals surface area contributed by atoms with E-state index in [2.05, 4.69) is 5.32 Å². The highest BCUT2D eigenvalue weighted by Crippen LogP contribution is 2.29. The molecule has 1 aromatic rings. The van der Waals surface area contributed by atoms with Crippen LogP contribution >= 0.6 is 0 Å². The third-order valence-electron chi connectivity index (χ3n) is 3.76. The molecule has 0 unspecified atom stereocenters. The zero-order chi connectivity index (χ0) is 16.1. The maximum atomic E-state index is 13.5.